The maximum absolute atomic E-state index is 5.60. The van der Waals surface area contributed by atoms with E-state index in [1.807, 2.05) is 19.1 Å². The molecule has 0 spiro atoms. The Bertz CT molecular complexity index is 471. The number of oxazole rings is 1. The van der Waals surface area contributed by atoms with Crippen LogP contribution in [0.2, 0.25) is 0 Å². The van der Waals surface area contributed by atoms with E-state index in [0.717, 1.165) is 18.1 Å². The van der Waals surface area contributed by atoms with E-state index < -0.39 is 0 Å². The summed E-state index contributed by atoms with van der Waals surface area (Å²) in [6.45, 7) is 7.85. The van der Waals surface area contributed by atoms with Gasteiger partial charge in [-0.3, -0.25) is 0 Å². The molecule has 4 heteroatoms. The molecular weight excluding hydrogens is 216 g/mol. The van der Waals surface area contributed by atoms with Crippen LogP contribution in [0.1, 0.15) is 25.5 Å². The Labute approximate surface area is 101 Å². The lowest BCUT2D eigenvalue weighted by molar-refractivity contribution is 0.445. The molecule has 1 N–H and O–H groups in total. The highest BCUT2D eigenvalue weighted by molar-refractivity contribution is 5.48. The van der Waals surface area contributed by atoms with Gasteiger partial charge in [-0.15, -0.1) is 0 Å². The number of hydrogen-bond acceptors (Lipinski definition) is 4. The van der Waals surface area contributed by atoms with Gasteiger partial charge >= 0.3 is 0 Å². The fourth-order valence-corrected chi connectivity index (χ4v) is 1.54. The second-order valence-corrected chi connectivity index (χ2v) is 4.55. The molecule has 0 saturated carbocycles. The van der Waals surface area contributed by atoms with Gasteiger partial charge in [0.05, 0.1) is 12.7 Å². The standard InChI is InChI=1S/C13H18N2O2/c1-9(2)6-14-8-13-15-7-12(17-13)11-5-4-10(3)16-11/h4-5,7,9,14H,6,8H2,1-3H3. The first-order valence-corrected chi connectivity index (χ1v) is 5.87. The monoisotopic (exact) mass is 234 g/mol. The van der Waals surface area contributed by atoms with E-state index in [2.05, 4.69) is 24.1 Å². The van der Waals surface area contributed by atoms with Crippen molar-refractivity contribution in [2.24, 2.45) is 5.92 Å². The lowest BCUT2D eigenvalue weighted by Gasteiger charge is -2.03. The number of hydrogen-bond donors (Lipinski definition) is 1. The maximum atomic E-state index is 5.60. The van der Waals surface area contributed by atoms with Gasteiger partial charge in [-0.1, -0.05) is 13.8 Å². The Morgan fingerprint density at radius 3 is 2.71 bits per heavy atom. The first kappa shape index (κ1) is 11.9. The Morgan fingerprint density at radius 1 is 1.24 bits per heavy atom. The SMILES string of the molecule is Cc1ccc(-c2cnc(CNCC(C)C)o2)o1. The molecule has 0 aliphatic rings. The van der Waals surface area contributed by atoms with Crippen molar-refractivity contribution in [2.45, 2.75) is 27.3 Å². The van der Waals surface area contributed by atoms with Crippen LogP contribution in [0.4, 0.5) is 0 Å². The van der Waals surface area contributed by atoms with Crippen LogP contribution in [0.15, 0.2) is 27.2 Å². The fourth-order valence-electron chi connectivity index (χ4n) is 1.54. The summed E-state index contributed by atoms with van der Waals surface area (Å²) < 4.78 is 11.1. The molecule has 0 fully saturated rings. The topological polar surface area (TPSA) is 51.2 Å². The highest BCUT2D eigenvalue weighted by atomic mass is 16.4. The molecule has 2 aromatic rings. The summed E-state index contributed by atoms with van der Waals surface area (Å²) in [5.74, 6) is 3.59. The molecule has 2 rings (SSSR count). The average Bonchev–Trinajstić information content (AvgIpc) is 2.86. The van der Waals surface area contributed by atoms with E-state index in [-0.39, 0.29) is 0 Å². The number of nitrogens with one attached hydrogen (secondary N) is 1. The summed E-state index contributed by atoms with van der Waals surface area (Å²) >= 11 is 0. The van der Waals surface area contributed by atoms with Gasteiger partial charge in [-0.25, -0.2) is 4.98 Å². The van der Waals surface area contributed by atoms with E-state index in [1.165, 1.54) is 0 Å². The highest BCUT2D eigenvalue weighted by Crippen LogP contribution is 2.22. The van der Waals surface area contributed by atoms with Gasteiger partial charge in [-0.05, 0) is 31.5 Å². The minimum absolute atomic E-state index is 0.622. The quantitative estimate of drug-likeness (QED) is 0.864. The molecule has 0 bridgehead atoms. The van der Waals surface area contributed by atoms with Crippen LogP contribution in [-0.2, 0) is 6.54 Å². The van der Waals surface area contributed by atoms with Crippen molar-refractivity contribution >= 4 is 0 Å². The van der Waals surface area contributed by atoms with Crippen molar-refractivity contribution < 1.29 is 8.83 Å². The van der Waals surface area contributed by atoms with Crippen molar-refractivity contribution in [3.8, 4) is 11.5 Å². The van der Waals surface area contributed by atoms with Gasteiger partial charge in [0, 0.05) is 0 Å². The predicted octanol–water partition coefficient (Wildman–Crippen LogP) is 2.99. The summed E-state index contributed by atoms with van der Waals surface area (Å²) in [5, 5.41) is 3.28. The maximum Gasteiger partial charge on any atom is 0.209 e. The number of aryl methyl sites for hydroxylation is 1. The Hall–Kier alpha value is -1.55. The zero-order valence-electron chi connectivity index (χ0n) is 10.5. The molecule has 0 saturated heterocycles. The molecule has 0 aromatic carbocycles. The summed E-state index contributed by atoms with van der Waals surface area (Å²) in [6, 6.07) is 3.80. The second-order valence-electron chi connectivity index (χ2n) is 4.55. The minimum Gasteiger partial charge on any atom is -0.458 e. The van der Waals surface area contributed by atoms with Gasteiger partial charge < -0.3 is 14.2 Å². The lowest BCUT2D eigenvalue weighted by atomic mass is 10.2. The zero-order valence-corrected chi connectivity index (χ0v) is 10.5. The molecule has 4 nitrogen and oxygen atoms in total. The molecule has 2 heterocycles. The summed E-state index contributed by atoms with van der Waals surface area (Å²) in [7, 11) is 0. The number of aromatic nitrogens is 1. The second kappa shape index (κ2) is 5.19. The zero-order chi connectivity index (χ0) is 12.3. The Morgan fingerprint density at radius 2 is 2.06 bits per heavy atom. The van der Waals surface area contributed by atoms with Crippen molar-refractivity contribution in [1.82, 2.24) is 10.3 Å². The van der Waals surface area contributed by atoms with Gasteiger partial charge in [0.2, 0.25) is 5.89 Å². The Kier molecular flexibility index (Phi) is 3.64. The van der Waals surface area contributed by atoms with Gasteiger partial charge in [0.15, 0.2) is 11.5 Å². The van der Waals surface area contributed by atoms with Crippen LogP contribution in [0.3, 0.4) is 0 Å². The normalized spacial score (nSPS) is 11.3. The molecule has 0 radical (unpaired) electrons. The summed E-state index contributed by atoms with van der Waals surface area (Å²) in [5.41, 5.74) is 0. The highest BCUT2D eigenvalue weighted by Gasteiger charge is 2.09. The molecule has 0 unspecified atom stereocenters. The third-order valence-electron chi connectivity index (χ3n) is 2.37. The van der Waals surface area contributed by atoms with Crippen LogP contribution in [0.5, 0.6) is 0 Å². The summed E-state index contributed by atoms with van der Waals surface area (Å²) in [4.78, 5) is 4.21. The van der Waals surface area contributed by atoms with Crippen molar-refractivity contribution in [3.05, 3.63) is 30.0 Å². The van der Waals surface area contributed by atoms with E-state index in [1.54, 1.807) is 6.20 Å². The third-order valence-corrected chi connectivity index (χ3v) is 2.37. The van der Waals surface area contributed by atoms with Gasteiger partial charge in [0.1, 0.15) is 5.76 Å². The molecule has 0 atom stereocenters. The predicted molar refractivity (Wildman–Crippen MR) is 65.5 cm³/mol. The smallest absolute Gasteiger partial charge is 0.209 e. The molecule has 0 aliphatic heterocycles. The van der Waals surface area contributed by atoms with Crippen LogP contribution >= 0.6 is 0 Å². The van der Waals surface area contributed by atoms with Crippen molar-refractivity contribution in [2.75, 3.05) is 6.54 Å². The van der Waals surface area contributed by atoms with Crippen LogP contribution in [0, 0.1) is 12.8 Å². The van der Waals surface area contributed by atoms with Crippen molar-refractivity contribution in [3.63, 3.8) is 0 Å². The van der Waals surface area contributed by atoms with E-state index in [0.29, 0.717) is 24.1 Å². The molecular formula is C13H18N2O2. The van der Waals surface area contributed by atoms with Gasteiger partial charge in [0.25, 0.3) is 0 Å². The van der Waals surface area contributed by atoms with E-state index >= 15 is 0 Å². The first-order valence-electron chi connectivity index (χ1n) is 5.87. The summed E-state index contributed by atoms with van der Waals surface area (Å²) in [6.07, 6.45) is 1.70. The van der Waals surface area contributed by atoms with Crippen LogP contribution in [-0.4, -0.2) is 11.5 Å². The molecule has 92 valence electrons. The first-order chi connectivity index (χ1) is 8.15. The van der Waals surface area contributed by atoms with E-state index in [4.69, 9.17) is 8.83 Å². The van der Waals surface area contributed by atoms with Crippen molar-refractivity contribution in [1.29, 1.82) is 0 Å². The number of nitrogens with zero attached hydrogens (tertiary/aromatic N) is 1. The van der Waals surface area contributed by atoms with E-state index in [9.17, 15) is 0 Å². The largest absolute Gasteiger partial charge is 0.458 e. The molecule has 2 aromatic heterocycles. The number of rotatable bonds is 5. The average molecular weight is 234 g/mol. The Balaban J connectivity index is 1.96. The minimum atomic E-state index is 0.622. The molecule has 0 aliphatic carbocycles. The lowest BCUT2D eigenvalue weighted by Crippen LogP contribution is -2.18. The third kappa shape index (κ3) is 3.20. The van der Waals surface area contributed by atoms with Gasteiger partial charge in [-0.2, -0.15) is 0 Å². The van der Waals surface area contributed by atoms with Crippen LogP contribution < -0.4 is 5.32 Å². The van der Waals surface area contributed by atoms with Crippen LogP contribution in [0.25, 0.3) is 11.5 Å². The fraction of sp³-hybridized carbons (Fsp3) is 0.462. The molecule has 0 amide bonds. The molecule has 17 heavy (non-hydrogen) atoms. The number of furan rings is 1.